The van der Waals surface area contributed by atoms with Gasteiger partial charge in [-0.15, -0.1) is 0 Å². The van der Waals surface area contributed by atoms with Gasteiger partial charge in [0.1, 0.15) is 31.8 Å². The molecule has 2 rings (SSSR count). The van der Waals surface area contributed by atoms with Crippen LogP contribution >= 0.6 is 0 Å². The van der Waals surface area contributed by atoms with Gasteiger partial charge < -0.3 is 19.3 Å². The van der Waals surface area contributed by atoms with Crippen molar-refractivity contribution in [3.8, 4) is 0 Å². The molecule has 2 atom stereocenters. The molecule has 146 valence electrons. The van der Waals surface area contributed by atoms with E-state index in [-0.39, 0.29) is 26.3 Å². The van der Waals surface area contributed by atoms with E-state index in [4.69, 9.17) is 9.47 Å². The van der Waals surface area contributed by atoms with Crippen molar-refractivity contribution in [1.82, 2.24) is 9.80 Å². The average molecular weight is 376 g/mol. The third kappa shape index (κ3) is 5.06. The van der Waals surface area contributed by atoms with E-state index in [1.807, 2.05) is 30.3 Å². The minimum Gasteiger partial charge on any atom is -0.464 e. The van der Waals surface area contributed by atoms with Crippen LogP contribution in [0.3, 0.4) is 0 Å². The van der Waals surface area contributed by atoms with E-state index in [2.05, 4.69) is 0 Å². The number of carbonyl (C=O) groups is 4. The first-order valence-corrected chi connectivity index (χ1v) is 8.81. The summed E-state index contributed by atoms with van der Waals surface area (Å²) in [4.78, 5) is 51.2. The third-order valence-electron chi connectivity index (χ3n) is 4.38. The van der Waals surface area contributed by atoms with Crippen molar-refractivity contribution in [2.45, 2.75) is 39.5 Å². The third-order valence-corrected chi connectivity index (χ3v) is 4.38. The van der Waals surface area contributed by atoms with Crippen molar-refractivity contribution in [3.05, 3.63) is 35.9 Å². The number of esters is 2. The van der Waals surface area contributed by atoms with Crippen molar-refractivity contribution >= 4 is 23.8 Å². The Labute approximate surface area is 158 Å². The lowest BCUT2D eigenvalue weighted by atomic mass is 10.1. The van der Waals surface area contributed by atoms with E-state index in [1.165, 1.54) is 23.6 Å². The van der Waals surface area contributed by atoms with Crippen molar-refractivity contribution in [2.24, 2.45) is 0 Å². The summed E-state index contributed by atoms with van der Waals surface area (Å²) in [6.07, 6.45) is 0. The number of amides is 2. The maximum Gasteiger partial charge on any atom is 0.328 e. The summed E-state index contributed by atoms with van der Waals surface area (Å²) in [7, 11) is 0. The van der Waals surface area contributed by atoms with E-state index in [1.54, 1.807) is 6.92 Å². The van der Waals surface area contributed by atoms with E-state index in [0.717, 1.165) is 5.56 Å². The number of benzene rings is 1. The summed E-state index contributed by atoms with van der Waals surface area (Å²) in [6.45, 7) is 4.40. The van der Waals surface area contributed by atoms with E-state index < -0.39 is 35.8 Å². The van der Waals surface area contributed by atoms with Gasteiger partial charge in [0.15, 0.2) is 0 Å². The molecule has 1 saturated heterocycles. The van der Waals surface area contributed by atoms with E-state index in [9.17, 15) is 19.2 Å². The van der Waals surface area contributed by atoms with Crippen molar-refractivity contribution in [3.63, 3.8) is 0 Å². The van der Waals surface area contributed by atoms with Gasteiger partial charge in [-0.1, -0.05) is 30.3 Å². The highest BCUT2D eigenvalue weighted by atomic mass is 16.5. The maximum absolute atomic E-state index is 12.4. The second-order valence-electron chi connectivity index (χ2n) is 6.24. The predicted octanol–water partition coefficient (Wildman–Crippen LogP) is 0.741. The Morgan fingerprint density at radius 3 is 1.89 bits per heavy atom. The molecule has 1 heterocycles. The van der Waals surface area contributed by atoms with Gasteiger partial charge in [0.2, 0.25) is 11.8 Å². The Bertz CT molecular complexity index is 705. The fraction of sp³-hybridized carbons (Fsp3) is 0.474. The van der Waals surface area contributed by atoms with Crippen molar-refractivity contribution in [1.29, 1.82) is 0 Å². The Morgan fingerprint density at radius 2 is 1.41 bits per heavy atom. The molecule has 1 aromatic carbocycles. The predicted molar refractivity (Wildman–Crippen MR) is 95.2 cm³/mol. The molecule has 0 unspecified atom stereocenters. The number of piperazine rings is 1. The van der Waals surface area contributed by atoms with Crippen LogP contribution in [-0.2, 0) is 35.3 Å². The Morgan fingerprint density at radius 1 is 0.926 bits per heavy atom. The number of hydrogen-bond acceptors (Lipinski definition) is 6. The molecule has 0 spiro atoms. The van der Waals surface area contributed by atoms with Crippen LogP contribution in [0.2, 0.25) is 0 Å². The number of ether oxygens (including phenoxy) is 2. The topological polar surface area (TPSA) is 93.2 Å². The summed E-state index contributed by atoms with van der Waals surface area (Å²) in [5, 5.41) is 0. The molecule has 0 bridgehead atoms. The molecule has 0 N–H and O–H groups in total. The van der Waals surface area contributed by atoms with E-state index >= 15 is 0 Å². The van der Waals surface area contributed by atoms with Gasteiger partial charge in [0.25, 0.3) is 0 Å². The van der Waals surface area contributed by atoms with Gasteiger partial charge in [-0.2, -0.15) is 0 Å². The summed E-state index contributed by atoms with van der Waals surface area (Å²) in [6, 6.07) is 7.41. The van der Waals surface area contributed by atoms with Gasteiger partial charge >= 0.3 is 11.9 Å². The standard InChI is InChI=1S/C19H24N2O6/c1-4-26-18(24)13(2)20-10-17(23)21(11-16(20)22)14(3)19(25)27-12-15-8-6-5-7-9-15/h5-9,13-14H,4,10-12H2,1-3H3/t13-,14-/m0/s1. The van der Waals surface area contributed by atoms with Gasteiger partial charge in [0.05, 0.1) is 6.61 Å². The molecule has 27 heavy (non-hydrogen) atoms. The molecule has 0 aromatic heterocycles. The normalized spacial score (nSPS) is 16.7. The molecular weight excluding hydrogens is 352 g/mol. The Hall–Kier alpha value is -2.90. The first-order chi connectivity index (χ1) is 12.8. The van der Waals surface area contributed by atoms with Gasteiger partial charge in [-0.25, -0.2) is 9.59 Å². The highest BCUT2D eigenvalue weighted by molar-refractivity contribution is 5.97. The average Bonchev–Trinajstić information content (AvgIpc) is 2.67. The largest absolute Gasteiger partial charge is 0.464 e. The summed E-state index contributed by atoms with van der Waals surface area (Å²) in [5.74, 6) is -2.00. The fourth-order valence-corrected chi connectivity index (χ4v) is 2.72. The molecule has 2 amide bonds. The van der Waals surface area contributed by atoms with Crippen LogP contribution in [0.25, 0.3) is 0 Å². The second-order valence-corrected chi connectivity index (χ2v) is 6.24. The number of nitrogens with zero attached hydrogens (tertiary/aromatic N) is 2. The lowest BCUT2D eigenvalue weighted by Gasteiger charge is -2.38. The molecule has 8 nitrogen and oxygen atoms in total. The lowest BCUT2D eigenvalue weighted by Crippen LogP contribution is -2.61. The fourth-order valence-electron chi connectivity index (χ4n) is 2.72. The molecule has 0 radical (unpaired) electrons. The van der Waals surface area contributed by atoms with Crippen LogP contribution in [0.15, 0.2) is 30.3 Å². The van der Waals surface area contributed by atoms with Crippen LogP contribution in [0.5, 0.6) is 0 Å². The van der Waals surface area contributed by atoms with Crippen LogP contribution in [0.4, 0.5) is 0 Å². The maximum atomic E-state index is 12.4. The highest BCUT2D eigenvalue weighted by Gasteiger charge is 2.39. The lowest BCUT2D eigenvalue weighted by molar-refractivity contribution is -0.166. The number of carbonyl (C=O) groups excluding carboxylic acids is 4. The van der Waals surface area contributed by atoms with Gasteiger partial charge in [-0.05, 0) is 26.3 Å². The smallest absolute Gasteiger partial charge is 0.328 e. The van der Waals surface area contributed by atoms with Crippen LogP contribution in [-0.4, -0.2) is 65.3 Å². The first-order valence-electron chi connectivity index (χ1n) is 8.81. The second kappa shape index (κ2) is 9.16. The molecule has 0 saturated carbocycles. The summed E-state index contributed by atoms with van der Waals surface area (Å²) in [5.41, 5.74) is 0.827. The summed E-state index contributed by atoms with van der Waals surface area (Å²) >= 11 is 0. The molecule has 1 aliphatic rings. The zero-order chi connectivity index (χ0) is 20.0. The summed E-state index contributed by atoms with van der Waals surface area (Å²) < 4.78 is 10.1. The zero-order valence-corrected chi connectivity index (χ0v) is 15.7. The van der Waals surface area contributed by atoms with Crippen LogP contribution < -0.4 is 0 Å². The Kier molecular flexibility index (Phi) is 6.92. The monoisotopic (exact) mass is 376 g/mol. The minimum atomic E-state index is -0.898. The number of hydrogen-bond donors (Lipinski definition) is 0. The van der Waals surface area contributed by atoms with Crippen molar-refractivity contribution in [2.75, 3.05) is 19.7 Å². The molecule has 8 heteroatoms. The zero-order valence-electron chi connectivity index (χ0n) is 15.7. The number of rotatable bonds is 7. The van der Waals surface area contributed by atoms with Gasteiger partial charge in [-0.3, -0.25) is 9.59 Å². The molecule has 1 fully saturated rings. The minimum absolute atomic E-state index is 0.0893. The molecule has 1 aromatic rings. The highest BCUT2D eigenvalue weighted by Crippen LogP contribution is 2.14. The quantitative estimate of drug-likeness (QED) is 0.652. The van der Waals surface area contributed by atoms with Gasteiger partial charge in [0, 0.05) is 0 Å². The Balaban J connectivity index is 1.95. The molecule has 1 aliphatic heterocycles. The SMILES string of the molecule is CCOC(=O)[C@H](C)N1CC(=O)N([C@@H](C)C(=O)OCc2ccccc2)CC1=O. The molecule has 0 aliphatic carbocycles. The van der Waals surface area contributed by atoms with Crippen LogP contribution in [0, 0.1) is 0 Å². The van der Waals surface area contributed by atoms with Crippen LogP contribution in [0.1, 0.15) is 26.3 Å². The molecular formula is C19H24N2O6. The first kappa shape index (κ1) is 20.4. The van der Waals surface area contributed by atoms with Crippen molar-refractivity contribution < 1.29 is 28.7 Å². The van der Waals surface area contributed by atoms with E-state index in [0.29, 0.717) is 0 Å².